The van der Waals surface area contributed by atoms with Crippen LogP contribution in [0.4, 0.5) is 16.2 Å². The minimum absolute atomic E-state index is 0.0777. The Morgan fingerprint density at radius 3 is 2.64 bits per heavy atom. The summed E-state index contributed by atoms with van der Waals surface area (Å²) >= 11 is 6.54. The summed E-state index contributed by atoms with van der Waals surface area (Å²) in [5.41, 5.74) is 9.88. The fraction of sp³-hybridized carbons (Fsp3) is 0.425. The topological polar surface area (TPSA) is 197 Å². The van der Waals surface area contributed by atoms with Crippen LogP contribution in [0.5, 0.6) is 5.75 Å². The van der Waals surface area contributed by atoms with Gasteiger partial charge in [-0.3, -0.25) is 19.9 Å². The molecule has 3 aliphatic rings. The number of aliphatic carboxylic acids is 1. The number of nitrogens with zero attached hydrogens (tertiary/aromatic N) is 3. The number of carboxylic acid groups (broad SMARTS) is 1. The second-order valence-corrected chi connectivity index (χ2v) is 14.3. The average Bonchev–Trinajstić information content (AvgIpc) is 3.90. The third-order valence-electron chi connectivity index (χ3n) is 9.64. The molecule has 15 heteroatoms. The zero-order valence-corrected chi connectivity index (χ0v) is 32.7. The van der Waals surface area contributed by atoms with Crippen molar-refractivity contribution in [1.82, 2.24) is 15.2 Å². The van der Waals surface area contributed by atoms with Crippen LogP contribution in [0.1, 0.15) is 57.1 Å². The first-order valence-electron chi connectivity index (χ1n) is 17.9. The molecule has 55 heavy (non-hydrogen) atoms. The van der Waals surface area contributed by atoms with Crippen molar-refractivity contribution in [2.75, 3.05) is 31.8 Å². The van der Waals surface area contributed by atoms with Gasteiger partial charge in [-0.1, -0.05) is 47.5 Å². The lowest BCUT2D eigenvalue weighted by molar-refractivity contribution is -0.144. The van der Waals surface area contributed by atoms with E-state index in [1.54, 1.807) is 25.3 Å². The molecule has 2 aromatic carbocycles. The molecule has 5 atom stereocenters. The van der Waals surface area contributed by atoms with E-state index >= 15 is 0 Å². The number of aliphatic hydroxyl groups is 1. The van der Waals surface area contributed by atoms with Gasteiger partial charge in [-0.15, -0.1) is 0 Å². The highest BCUT2D eigenvalue weighted by atomic mass is 35.5. The molecule has 6 rings (SSSR count). The molecule has 3 aromatic rings. The maximum absolute atomic E-state index is 12.9. The Labute approximate surface area is 325 Å². The van der Waals surface area contributed by atoms with Gasteiger partial charge in [-0.25, -0.2) is 9.59 Å². The molecular weight excluding hydrogens is 730 g/mol. The highest BCUT2D eigenvalue weighted by Crippen LogP contribution is 2.38. The molecule has 4 bridgehead atoms. The lowest BCUT2D eigenvalue weighted by Crippen LogP contribution is -2.56. The van der Waals surface area contributed by atoms with Gasteiger partial charge in [0.2, 0.25) is 12.3 Å². The van der Waals surface area contributed by atoms with Crippen LogP contribution in [-0.2, 0) is 30.3 Å². The van der Waals surface area contributed by atoms with E-state index in [2.05, 4.69) is 17.2 Å². The molecular formula is C40H50ClN5O9. The van der Waals surface area contributed by atoms with Gasteiger partial charge < -0.3 is 40.0 Å². The molecule has 1 aromatic heterocycles. The van der Waals surface area contributed by atoms with Crippen molar-refractivity contribution in [2.24, 2.45) is 0 Å². The quantitative estimate of drug-likeness (QED) is 0.147. The standard InChI is InChI=1S/C25H31ClN2O6.C10H10N2.C5H9NO3/c1-15-6-4-5-9-25(31)14-17(33-24(30)27-25)13-20-19(34-20)7-8-22(29)28(2)18-11-16(10-15)12-21(32-3)23(18)26;1-7-4-5-9(11)10-8(7)3-2-6-12-10;1-4(5(8)9)6(2)3-7/h4-6,11-12,17,19-20,31H,7-10,13-14H2,1-3H3,(H,27,30);2-6H,11H2,1H3;3-4H,1-2H3,(H,8,9)/b5-4+,15-6+;;/t17?,19?,20?,25-;;4-/m1.0/s1. The number of nitrogens with one attached hydrogen (secondary N) is 1. The average molecular weight is 780 g/mol. The number of carbonyl (C=O) groups is 4. The van der Waals surface area contributed by atoms with Gasteiger partial charge in [-0.2, -0.15) is 0 Å². The van der Waals surface area contributed by atoms with Gasteiger partial charge in [-0.05, 0) is 69.0 Å². The lowest BCUT2D eigenvalue weighted by Gasteiger charge is -2.36. The number of anilines is 2. The molecule has 0 spiro atoms. The first-order chi connectivity index (χ1) is 26.0. The third kappa shape index (κ3) is 11.7. The number of allylic oxidation sites excluding steroid dienone is 3. The molecule has 3 amide bonds. The first-order valence-corrected chi connectivity index (χ1v) is 18.2. The van der Waals surface area contributed by atoms with E-state index in [1.807, 2.05) is 61.5 Å². The van der Waals surface area contributed by atoms with Gasteiger partial charge in [0.05, 0.1) is 36.2 Å². The summed E-state index contributed by atoms with van der Waals surface area (Å²) < 4.78 is 16.5. The van der Waals surface area contributed by atoms with E-state index in [4.69, 9.17) is 36.7 Å². The van der Waals surface area contributed by atoms with Crippen molar-refractivity contribution in [2.45, 2.75) is 89.4 Å². The minimum atomic E-state index is -1.37. The summed E-state index contributed by atoms with van der Waals surface area (Å²) in [6.45, 7) is 5.50. The summed E-state index contributed by atoms with van der Waals surface area (Å²) in [4.78, 5) is 51.8. The summed E-state index contributed by atoms with van der Waals surface area (Å²) in [6.07, 6.45) is 9.10. The van der Waals surface area contributed by atoms with Crippen LogP contribution < -0.4 is 20.7 Å². The van der Waals surface area contributed by atoms with Crippen LogP contribution in [0.15, 0.2) is 66.4 Å². The van der Waals surface area contributed by atoms with Crippen molar-refractivity contribution in [1.29, 1.82) is 0 Å². The van der Waals surface area contributed by atoms with E-state index in [-0.39, 0.29) is 31.0 Å². The molecule has 4 heterocycles. The number of methoxy groups -OCH3 is 1. The Kier molecular flexibility index (Phi) is 14.6. The minimum Gasteiger partial charge on any atom is -0.495 e. The molecule has 0 saturated carbocycles. The third-order valence-corrected chi connectivity index (χ3v) is 10.0. The van der Waals surface area contributed by atoms with Crippen LogP contribution >= 0.6 is 11.6 Å². The van der Waals surface area contributed by atoms with E-state index in [9.17, 15) is 24.3 Å². The number of benzene rings is 2. The molecule has 3 unspecified atom stereocenters. The summed E-state index contributed by atoms with van der Waals surface area (Å²) in [5.74, 6) is -0.561. The Bertz CT molecular complexity index is 1900. The van der Waals surface area contributed by atoms with E-state index in [0.717, 1.165) is 32.6 Å². The van der Waals surface area contributed by atoms with Gasteiger partial charge in [0.15, 0.2) is 0 Å². The summed E-state index contributed by atoms with van der Waals surface area (Å²) in [5, 5.41) is 23.2. The van der Waals surface area contributed by atoms with Crippen molar-refractivity contribution in [3.63, 3.8) is 0 Å². The first kappa shape index (κ1) is 42.6. The van der Waals surface area contributed by atoms with Crippen molar-refractivity contribution < 1.29 is 43.6 Å². The van der Waals surface area contributed by atoms with E-state index < -0.39 is 29.9 Å². The second-order valence-electron chi connectivity index (χ2n) is 13.9. The maximum atomic E-state index is 12.9. The second kappa shape index (κ2) is 18.9. The van der Waals surface area contributed by atoms with Crippen LogP contribution in [-0.4, -0.2) is 95.8 Å². The van der Waals surface area contributed by atoms with Gasteiger partial charge in [0, 0.05) is 51.4 Å². The lowest BCUT2D eigenvalue weighted by atomic mass is 9.96. The normalized spacial score (nSPS) is 24.4. The summed E-state index contributed by atoms with van der Waals surface area (Å²) in [7, 11) is 4.69. The number of likely N-dealkylation sites (N-methyl/N-ethyl adjacent to an activating group) is 1. The number of hydrogen-bond acceptors (Lipinski definition) is 10. The number of aromatic nitrogens is 1. The molecule has 2 saturated heterocycles. The number of aryl methyl sites for hydroxylation is 1. The predicted octanol–water partition coefficient (Wildman–Crippen LogP) is 5.56. The van der Waals surface area contributed by atoms with Crippen molar-refractivity contribution >= 4 is 58.3 Å². The Balaban J connectivity index is 0.000000260. The monoisotopic (exact) mass is 779 g/mol. The van der Waals surface area contributed by atoms with Gasteiger partial charge in [0.25, 0.3) is 0 Å². The van der Waals surface area contributed by atoms with E-state index in [1.165, 1.54) is 19.5 Å². The highest BCUT2D eigenvalue weighted by molar-refractivity contribution is 6.35. The molecule has 296 valence electrons. The number of carboxylic acids is 1. The zero-order chi connectivity index (χ0) is 40.4. The number of amides is 3. The number of carbonyl (C=O) groups excluding carboxylic acids is 3. The smallest absolute Gasteiger partial charge is 0.409 e. The summed E-state index contributed by atoms with van der Waals surface area (Å²) in [6, 6.07) is 10.9. The fourth-order valence-electron chi connectivity index (χ4n) is 6.19. The SMILES string of the molecule is COc1cc2cc(c1Cl)N(C)C(=O)CCC1OC1CC1C[C@](O)(C/C=C/C=C(\C)C2)NC(=O)O1.C[C@@H](C(=O)O)N(C)C=O.Cc1ccc(N)c2ncccc12. The molecule has 14 nitrogen and oxygen atoms in total. The predicted molar refractivity (Wildman–Crippen MR) is 210 cm³/mol. The Morgan fingerprint density at radius 2 is 1.98 bits per heavy atom. The van der Waals surface area contributed by atoms with E-state index in [0.29, 0.717) is 48.6 Å². The highest BCUT2D eigenvalue weighted by Gasteiger charge is 2.45. The van der Waals surface area contributed by atoms with Crippen LogP contribution in [0.3, 0.4) is 0 Å². The number of epoxide rings is 1. The molecule has 5 N–H and O–H groups in total. The maximum Gasteiger partial charge on any atom is 0.409 e. The Hall–Kier alpha value is -5.18. The molecule has 3 aliphatic heterocycles. The van der Waals surface area contributed by atoms with Crippen molar-refractivity contribution in [3.8, 4) is 5.75 Å². The molecule has 0 aliphatic carbocycles. The molecule has 0 radical (unpaired) electrons. The number of nitrogen functional groups attached to an aromatic ring is 1. The number of nitrogens with two attached hydrogens (primary N) is 1. The number of halogens is 1. The number of ether oxygens (including phenoxy) is 3. The number of alkyl carbamates (subject to hydrolysis) is 1. The van der Waals surface area contributed by atoms with Crippen molar-refractivity contribution in [3.05, 3.63) is 82.5 Å². The van der Waals surface area contributed by atoms with Crippen LogP contribution in [0.2, 0.25) is 5.02 Å². The van der Waals surface area contributed by atoms with Crippen LogP contribution in [0, 0.1) is 6.92 Å². The van der Waals surface area contributed by atoms with Gasteiger partial charge in [0.1, 0.15) is 28.6 Å². The zero-order valence-electron chi connectivity index (χ0n) is 32.0. The fourth-order valence-corrected chi connectivity index (χ4v) is 6.50. The Morgan fingerprint density at radius 1 is 1.24 bits per heavy atom. The number of fused-ring (bicyclic) bond motifs is 6. The van der Waals surface area contributed by atoms with Gasteiger partial charge >= 0.3 is 12.1 Å². The largest absolute Gasteiger partial charge is 0.495 e. The van der Waals surface area contributed by atoms with Crippen LogP contribution in [0.25, 0.3) is 10.9 Å². The molecule has 2 fully saturated rings. The number of pyridine rings is 1. The number of rotatable bonds is 4. The number of hydrogen-bond donors (Lipinski definition) is 4.